The van der Waals surface area contributed by atoms with E-state index in [1.807, 2.05) is 6.92 Å². The van der Waals surface area contributed by atoms with E-state index in [1.54, 1.807) is 30.3 Å². The summed E-state index contributed by atoms with van der Waals surface area (Å²) in [7, 11) is -3.55. The first-order valence-electron chi connectivity index (χ1n) is 5.18. The van der Waals surface area contributed by atoms with Crippen molar-refractivity contribution in [3.05, 3.63) is 52.8 Å². The number of hydrogen-bond donors (Lipinski definition) is 1. The Bertz CT molecular complexity index is 657. The predicted octanol–water partition coefficient (Wildman–Crippen LogP) is 2.95. The first-order valence-corrected chi connectivity index (χ1v) is 7.46. The molecular formula is C12H11BrN2O2S. The van der Waals surface area contributed by atoms with Crippen LogP contribution in [0.25, 0.3) is 0 Å². The van der Waals surface area contributed by atoms with Crippen molar-refractivity contribution < 1.29 is 8.42 Å². The molecule has 1 aromatic carbocycles. The second-order valence-electron chi connectivity index (χ2n) is 3.75. The molecule has 6 heteroatoms. The van der Waals surface area contributed by atoms with Crippen LogP contribution in [0.2, 0.25) is 0 Å². The molecule has 4 nitrogen and oxygen atoms in total. The molecule has 0 bridgehead atoms. The number of aromatic nitrogens is 1. The van der Waals surface area contributed by atoms with Crippen LogP contribution in [-0.4, -0.2) is 13.4 Å². The Hall–Kier alpha value is -1.40. The van der Waals surface area contributed by atoms with Crippen molar-refractivity contribution >= 4 is 31.6 Å². The number of nitrogens with zero attached hydrogens (tertiary/aromatic N) is 1. The number of halogens is 1. The standard InChI is InChI=1S/C12H11BrN2O2S/c1-9-8-11(2-3-12(9)13)18(16,17)15-10-4-6-14-7-5-10/h2-8H,1H3,(H,14,15). The lowest BCUT2D eigenvalue weighted by atomic mass is 10.2. The molecule has 0 saturated carbocycles. The Morgan fingerprint density at radius 2 is 1.83 bits per heavy atom. The fourth-order valence-corrected chi connectivity index (χ4v) is 2.81. The summed E-state index contributed by atoms with van der Waals surface area (Å²) < 4.78 is 27.6. The lowest BCUT2D eigenvalue weighted by molar-refractivity contribution is 0.601. The van der Waals surface area contributed by atoms with Crippen molar-refractivity contribution in [1.82, 2.24) is 4.98 Å². The lowest BCUT2D eigenvalue weighted by Gasteiger charge is -2.08. The van der Waals surface area contributed by atoms with Crippen molar-refractivity contribution in [3.63, 3.8) is 0 Å². The summed E-state index contributed by atoms with van der Waals surface area (Å²) in [6, 6.07) is 8.09. The zero-order valence-electron chi connectivity index (χ0n) is 9.59. The van der Waals surface area contributed by atoms with Crippen molar-refractivity contribution in [2.24, 2.45) is 0 Å². The Morgan fingerprint density at radius 1 is 1.17 bits per heavy atom. The van der Waals surface area contributed by atoms with Crippen LogP contribution < -0.4 is 4.72 Å². The molecule has 0 aliphatic heterocycles. The van der Waals surface area contributed by atoms with E-state index in [1.165, 1.54) is 12.4 Å². The third-order valence-electron chi connectivity index (χ3n) is 2.37. The molecule has 18 heavy (non-hydrogen) atoms. The van der Waals surface area contributed by atoms with Gasteiger partial charge in [0, 0.05) is 16.9 Å². The highest BCUT2D eigenvalue weighted by Gasteiger charge is 2.14. The van der Waals surface area contributed by atoms with Gasteiger partial charge in [-0.25, -0.2) is 8.42 Å². The highest BCUT2D eigenvalue weighted by Crippen LogP contribution is 2.21. The van der Waals surface area contributed by atoms with Crippen molar-refractivity contribution in [3.8, 4) is 0 Å². The average Bonchev–Trinajstić information content (AvgIpc) is 2.33. The molecule has 0 fully saturated rings. The van der Waals surface area contributed by atoms with Crippen LogP contribution in [0.5, 0.6) is 0 Å². The molecular weight excluding hydrogens is 316 g/mol. The number of benzene rings is 1. The smallest absolute Gasteiger partial charge is 0.261 e. The van der Waals surface area contributed by atoms with Gasteiger partial charge in [0.1, 0.15) is 0 Å². The van der Waals surface area contributed by atoms with Crippen molar-refractivity contribution in [1.29, 1.82) is 0 Å². The van der Waals surface area contributed by atoms with Gasteiger partial charge in [-0.15, -0.1) is 0 Å². The minimum absolute atomic E-state index is 0.236. The molecule has 0 spiro atoms. The van der Waals surface area contributed by atoms with E-state index < -0.39 is 10.0 Å². The molecule has 0 saturated heterocycles. The van der Waals surface area contributed by atoms with E-state index in [2.05, 4.69) is 25.6 Å². The van der Waals surface area contributed by atoms with E-state index in [0.29, 0.717) is 5.69 Å². The molecule has 0 unspecified atom stereocenters. The summed E-state index contributed by atoms with van der Waals surface area (Å²) >= 11 is 3.34. The number of rotatable bonds is 3. The Labute approximate surface area is 114 Å². The van der Waals surface area contributed by atoms with E-state index in [-0.39, 0.29) is 4.90 Å². The van der Waals surface area contributed by atoms with Crippen molar-refractivity contribution in [2.45, 2.75) is 11.8 Å². The van der Waals surface area contributed by atoms with Crippen LogP contribution in [0.1, 0.15) is 5.56 Å². The topological polar surface area (TPSA) is 59.1 Å². The highest BCUT2D eigenvalue weighted by atomic mass is 79.9. The average molecular weight is 327 g/mol. The predicted molar refractivity (Wildman–Crippen MR) is 73.9 cm³/mol. The Morgan fingerprint density at radius 3 is 2.44 bits per heavy atom. The fraction of sp³-hybridized carbons (Fsp3) is 0.0833. The summed E-state index contributed by atoms with van der Waals surface area (Å²) in [5.41, 5.74) is 1.36. The molecule has 1 heterocycles. The summed E-state index contributed by atoms with van der Waals surface area (Å²) in [6.07, 6.45) is 3.06. The van der Waals surface area contributed by atoms with Crippen LogP contribution in [0.15, 0.2) is 52.1 Å². The highest BCUT2D eigenvalue weighted by molar-refractivity contribution is 9.10. The molecule has 0 radical (unpaired) electrons. The maximum absolute atomic E-state index is 12.1. The van der Waals surface area contributed by atoms with Crippen LogP contribution >= 0.6 is 15.9 Å². The van der Waals surface area contributed by atoms with E-state index in [9.17, 15) is 8.42 Å². The van der Waals surface area contributed by atoms with Crippen LogP contribution in [0, 0.1) is 6.92 Å². The maximum Gasteiger partial charge on any atom is 0.261 e. The van der Waals surface area contributed by atoms with Gasteiger partial charge in [0.25, 0.3) is 10.0 Å². The molecule has 1 N–H and O–H groups in total. The summed E-state index contributed by atoms with van der Waals surface area (Å²) in [4.78, 5) is 4.07. The first kappa shape index (κ1) is 13.0. The minimum Gasteiger partial charge on any atom is -0.280 e. The molecule has 0 aliphatic rings. The Balaban J connectivity index is 2.34. The van der Waals surface area contributed by atoms with Gasteiger partial charge in [-0.05, 0) is 42.8 Å². The SMILES string of the molecule is Cc1cc(S(=O)(=O)Nc2ccncc2)ccc1Br. The quantitative estimate of drug-likeness (QED) is 0.943. The van der Waals surface area contributed by atoms with Crippen LogP contribution in [0.4, 0.5) is 5.69 Å². The number of nitrogens with one attached hydrogen (secondary N) is 1. The third-order valence-corrected chi connectivity index (χ3v) is 4.64. The second kappa shape index (κ2) is 5.07. The number of pyridine rings is 1. The monoisotopic (exact) mass is 326 g/mol. The normalized spacial score (nSPS) is 11.2. The van der Waals surface area contributed by atoms with Gasteiger partial charge in [0.15, 0.2) is 0 Å². The van der Waals surface area contributed by atoms with Gasteiger partial charge in [0.05, 0.1) is 10.6 Å². The largest absolute Gasteiger partial charge is 0.280 e. The third kappa shape index (κ3) is 2.88. The number of hydrogen-bond acceptors (Lipinski definition) is 3. The minimum atomic E-state index is -3.55. The summed E-state index contributed by atoms with van der Waals surface area (Å²) in [6.45, 7) is 1.84. The van der Waals surface area contributed by atoms with Gasteiger partial charge >= 0.3 is 0 Å². The summed E-state index contributed by atoms with van der Waals surface area (Å²) in [5, 5.41) is 0. The molecule has 94 valence electrons. The lowest BCUT2D eigenvalue weighted by Crippen LogP contribution is -2.13. The van der Waals surface area contributed by atoms with E-state index in [4.69, 9.17) is 0 Å². The number of aryl methyl sites for hydroxylation is 1. The van der Waals surface area contributed by atoms with Gasteiger partial charge < -0.3 is 0 Å². The first-order chi connectivity index (χ1) is 8.49. The van der Waals surface area contributed by atoms with Gasteiger partial charge in [-0.3, -0.25) is 9.71 Å². The van der Waals surface area contributed by atoms with Crippen LogP contribution in [0.3, 0.4) is 0 Å². The zero-order valence-corrected chi connectivity index (χ0v) is 12.0. The second-order valence-corrected chi connectivity index (χ2v) is 6.29. The molecule has 0 amide bonds. The molecule has 0 atom stereocenters. The van der Waals surface area contributed by atoms with Gasteiger partial charge in [-0.1, -0.05) is 15.9 Å². The van der Waals surface area contributed by atoms with Crippen molar-refractivity contribution in [2.75, 3.05) is 4.72 Å². The van der Waals surface area contributed by atoms with Crippen LogP contribution in [-0.2, 0) is 10.0 Å². The maximum atomic E-state index is 12.1. The summed E-state index contributed by atoms with van der Waals surface area (Å²) in [5.74, 6) is 0. The number of sulfonamides is 1. The molecule has 2 rings (SSSR count). The Kier molecular flexibility index (Phi) is 3.68. The van der Waals surface area contributed by atoms with E-state index in [0.717, 1.165) is 10.0 Å². The van der Waals surface area contributed by atoms with E-state index >= 15 is 0 Å². The fourth-order valence-electron chi connectivity index (χ4n) is 1.42. The number of anilines is 1. The van der Waals surface area contributed by atoms with Gasteiger partial charge in [-0.2, -0.15) is 0 Å². The molecule has 2 aromatic rings. The van der Waals surface area contributed by atoms with Gasteiger partial charge in [0.2, 0.25) is 0 Å². The molecule has 1 aromatic heterocycles. The molecule has 0 aliphatic carbocycles. The zero-order chi connectivity index (χ0) is 13.2.